The molecule has 4 rings (SSSR count). The van der Waals surface area contributed by atoms with Crippen molar-refractivity contribution in [3.8, 4) is 0 Å². The lowest BCUT2D eigenvalue weighted by molar-refractivity contribution is -0.125. The van der Waals surface area contributed by atoms with Gasteiger partial charge in [0, 0.05) is 30.4 Å². The van der Waals surface area contributed by atoms with Crippen LogP contribution in [0.4, 0.5) is 5.82 Å². The smallest absolute Gasteiger partial charge is 0.223 e. The molecule has 2 aliphatic rings. The summed E-state index contributed by atoms with van der Waals surface area (Å²) in [5.74, 6) is 1.45. The van der Waals surface area contributed by atoms with Crippen LogP contribution in [0.5, 0.6) is 0 Å². The Kier molecular flexibility index (Phi) is 7.20. The van der Waals surface area contributed by atoms with Gasteiger partial charge in [-0.1, -0.05) is 13.8 Å². The van der Waals surface area contributed by atoms with E-state index in [1.54, 1.807) is 6.33 Å². The Morgan fingerprint density at radius 3 is 2.73 bits per heavy atom. The second kappa shape index (κ2) is 10.1. The van der Waals surface area contributed by atoms with Crippen molar-refractivity contribution in [1.82, 2.24) is 20.2 Å². The highest BCUT2D eigenvalue weighted by atomic mass is 32.1. The zero-order chi connectivity index (χ0) is 20.9. The third-order valence-electron chi connectivity index (χ3n) is 6.74. The standard InChI is InChI=1S/C23H35N5OS/c1-3-27(4-2)13-7-12-24-22(29)17-10-14-28(15-11-17)21-20-18-8-5-6-9-19(18)30-23(20)26-16-25-21/h16-17H,3-15H2,1-2H3,(H,24,29). The Balaban J connectivity index is 1.33. The number of aromatic nitrogens is 2. The molecule has 0 radical (unpaired) electrons. The van der Waals surface area contributed by atoms with Crippen molar-refractivity contribution < 1.29 is 4.79 Å². The lowest BCUT2D eigenvalue weighted by Gasteiger charge is -2.32. The maximum Gasteiger partial charge on any atom is 0.223 e. The van der Waals surface area contributed by atoms with E-state index in [1.165, 1.54) is 35.1 Å². The van der Waals surface area contributed by atoms with Gasteiger partial charge in [-0.15, -0.1) is 11.3 Å². The molecule has 0 unspecified atom stereocenters. The van der Waals surface area contributed by atoms with Crippen LogP contribution in [0.2, 0.25) is 0 Å². The molecule has 30 heavy (non-hydrogen) atoms. The molecule has 1 N–H and O–H groups in total. The average molecular weight is 430 g/mol. The monoisotopic (exact) mass is 429 g/mol. The van der Waals surface area contributed by atoms with Crippen LogP contribution in [0.25, 0.3) is 10.2 Å². The van der Waals surface area contributed by atoms with Crippen molar-refractivity contribution in [1.29, 1.82) is 0 Å². The minimum atomic E-state index is 0.128. The number of fused-ring (bicyclic) bond motifs is 3. The van der Waals surface area contributed by atoms with E-state index < -0.39 is 0 Å². The first-order valence-electron chi connectivity index (χ1n) is 11.7. The first kappa shape index (κ1) is 21.5. The van der Waals surface area contributed by atoms with Crippen LogP contribution in [-0.4, -0.2) is 60.0 Å². The summed E-state index contributed by atoms with van der Waals surface area (Å²) >= 11 is 1.85. The van der Waals surface area contributed by atoms with E-state index in [-0.39, 0.29) is 11.8 Å². The van der Waals surface area contributed by atoms with Crippen molar-refractivity contribution in [2.24, 2.45) is 5.92 Å². The summed E-state index contributed by atoms with van der Waals surface area (Å²) in [4.78, 5) is 29.3. The fourth-order valence-corrected chi connectivity index (χ4v) is 6.09. The number of aryl methyl sites for hydroxylation is 2. The van der Waals surface area contributed by atoms with Crippen LogP contribution in [-0.2, 0) is 17.6 Å². The Labute approximate surface area is 184 Å². The molecule has 0 aromatic carbocycles. The molecule has 3 heterocycles. The highest BCUT2D eigenvalue weighted by Crippen LogP contribution is 2.40. The van der Waals surface area contributed by atoms with Gasteiger partial charge in [0.1, 0.15) is 17.0 Å². The van der Waals surface area contributed by atoms with Gasteiger partial charge in [-0.3, -0.25) is 4.79 Å². The second-order valence-corrected chi connectivity index (χ2v) is 9.60. The van der Waals surface area contributed by atoms with Gasteiger partial charge < -0.3 is 15.1 Å². The van der Waals surface area contributed by atoms with Gasteiger partial charge in [-0.2, -0.15) is 0 Å². The summed E-state index contributed by atoms with van der Waals surface area (Å²) < 4.78 is 0. The number of amides is 1. The quantitative estimate of drug-likeness (QED) is 0.649. The van der Waals surface area contributed by atoms with Gasteiger partial charge in [0.25, 0.3) is 0 Å². The van der Waals surface area contributed by atoms with Crippen molar-refractivity contribution >= 4 is 33.3 Å². The molecule has 1 aliphatic carbocycles. The van der Waals surface area contributed by atoms with Gasteiger partial charge in [-0.25, -0.2) is 9.97 Å². The van der Waals surface area contributed by atoms with E-state index in [4.69, 9.17) is 4.98 Å². The highest BCUT2D eigenvalue weighted by Gasteiger charge is 2.28. The Bertz CT molecular complexity index is 855. The molecule has 2 aromatic rings. The number of hydrogen-bond acceptors (Lipinski definition) is 6. The highest BCUT2D eigenvalue weighted by molar-refractivity contribution is 7.19. The van der Waals surface area contributed by atoms with Gasteiger partial charge in [-0.05, 0) is 70.1 Å². The van der Waals surface area contributed by atoms with Crippen molar-refractivity contribution in [3.05, 3.63) is 16.8 Å². The molecule has 1 aliphatic heterocycles. The number of nitrogens with zero attached hydrogens (tertiary/aromatic N) is 4. The summed E-state index contributed by atoms with van der Waals surface area (Å²) in [5, 5.41) is 4.46. The number of thiophene rings is 1. The van der Waals surface area contributed by atoms with Crippen molar-refractivity contribution in [2.75, 3.05) is 44.2 Å². The lowest BCUT2D eigenvalue weighted by atomic mass is 9.94. The minimum absolute atomic E-state index is 0.128. The van der Waals surface area contributed by atoms with Crippen LogP contribution < -0.4 is 10.2 Å². The second-order valence-electron chi connectivity index (χ2n) is 8.52. The van der Waals surface area contributed by atoms with E-state index in [9.17, 15) is 4.79 Å². The van der Waals surface area contributed by atoms with Crippen LogP contribution >= 0.6 is 11.3 Å². The van der Waals surface area contributed by atoms with E-state index in [0.29, 0.717) is 0 Å². The number of rotatable bonds is 8. The predicted molar refractivity (Wildman–Crippen MR) is 124 cm³/mol. The first-order chi connectivity index (χ1) is 14.7. The Morgan fingerprint density at radius 1 is 1.20 bits per heavy atom. The van der Waals surface area contributed by atoms with Crippen molar-refractivity contribution in [2.45, 2.75) is 58.8 Å². The van der Waals surface area contributed by atoms with Gasteiger partial charge in [0.2, 0.25) is 5.91 Å². The molecule has 1 fully saturated rings. The average Bonchev–Trinajstić information content (AvgIpc) is 3.18. The number of piperidine rings is 1. The molecule has 1 saturated heterocycles. The van der Waals surface area contributed by atoms with Crippen molar-refractivity contribution in [3.63, 3.8) is 0 Å². The van der Waals surface area contributed by atoms with Crippen LogP contribution in [0.1, 0.15) is 56.4 Å². The molecular formula is C23H35N5OS. The third-order valence-corrected chi connectivity index (χ3v) is 7.94. The maximum atomic E-state index is 12.6. The number of hydrogen-bond donors (Lipinski definition) is 1. The molecule has 0 bridgehead atoms. The summed E-state index contributed by atoms with van der Waals surface area (Å²) in [7, 11) is 0. The Hall–Kier alpha value is -1.73. The van der Waals surface area contributed by atoms with Gasteiger partial charge >= 0.3 is 0 Å². The zero-order valence-corrected chi connectivity index (χ0v) is 19.3. The molecule has 2 aromatic heterocycles. The van der Waals surface area contributed by atoms with E-state index in [0.717, 1.165) is 75.6 Å². The minimum Gasteiger partial charge on any atom is -0.356 e. The Morgan fingerprint density at radius 2 is 1.97 bits per heavy atom. The van der Waals surface area contributed by atoms with Gasteiger partial charge in [0.05, 0.1) is 5.39 Å². The van der Waals surface area contributed by atoms with Gasteiger partial charge in [0.15, 0.2) is 0 Å². The number of carbonyl (C=O) groups is 1. The summed E-state index contributed by atoms with van der Waals surface area (Å²) in [6.45, 7) is 10.2. The SMILES string of the molecule is CCN(CC)CCCNC(=O)C1CCN(c2ncnc3sc4c(c23)CCCC4)CC1. The summed E-state index contributed by atoms with van der Waals surface area (Å²) in [5.41, 5.74) is 1.49. The number of anilines is 1. The van der Waals surface area contributed by atoms with Crippen LogP contribution in [0, 0.1) is 5.92 Å². The molecular weight excluding hydrogens is 394 g/mol. The fraction of sp³-hybridized carbons (Fsp3) is 0.696. The molecule has 0 atom stereocenters. The molecule has 0 spiro atoms. The maximum absolute atomic E-state index is 12.6. The van der Waals surface area contributed by atoms with Crippen LogP contribution in [0.3, 0.4) is 0 Å². The summed E-state index contributed by atoms with van der Waals surface area (Å²) in [6.07, 6.45) is 9.44. The summed E-state index contributed by atoms with van der Waals surface area (Å²) in [6, 6.07) is 0. The first-order valence-corrected chi connectivity index (χ1v) is 12.5. The number of carbonyl (C=O) groups excluding carboxylic acids is 1. The normalized spacial score (nSPS) is 17.5. The van der Waals surface area contributed by atoms with E-state index in [1.807, 2.05) is 11.3 Å². The van der Waals surface area contributed by atoms with Crippen LogP contribution in [0.15, 0.2) is 6.33 Å². The molecule has 7 heteroatoms. The number of nitrogens with one attached hydrogen (secondary N) is 1. The topological polar surface area (TPSA) is 61.4 Å². The molecule has 0 saturated carbocycles. The lowest BCUT2D eigenvalue weighted by Crippen LogP contribution is -2.41. The predicted octanol–water partition coefficient (Wildman–Crippen LogP) is 3.63. The van der Waals surface area contributed by atoms with E-state index in [2.05, 4.69) is 33.9 Å². The molecule has 1 amide bonds. The fourth-order valence-electron chi connectivity index (χ4n) is 4.87. The largest absolute Gasteiger partial charge is 0.356 e. The van der Waals surface area contributed by atoms with E-state index >= 15 is 0 Å². The zero-order valence-electron chi connectivity index (χ0n) is 18.5. The third kappa shape index (κ3) is 4.62. The molecule has 164 valence electrons. The molecule has 6 nitrogen and oxygen atoms in total.